The van der Waals surface area contributed by atoms with Gasteiger partial charge in [-0.3, -0.25) is 4.79 Å². The van der Waals surface area contributed by atoms with Crippen LogP contribution in [0.15, 0.2) is 78.9 Å². The van der Waals surface area contributed by atoms with Crippen molar-refractivity contribution in [1.82, 2.24) is 10.3 Å². The van der Waals surface area contributed by atoms with E-state index in [0.29, 0.717) is 17.9 Å². The molecular weight excluding hydrogens is 377 g/mol. The number of nitrogens with one attached hydrogen (secondary N) is 2. The van der Waals surface area contributed by atoms with Crippen LogP contribution < -0.4 is 10.6 Å². The molecule has 0 atom stereocenters. The number of para-hydroxylation sites is 1. The van der Waals surface area contributed by atoms with Crippen molar-refractivity contribution in [3.05, 3.63) is 101 Å². The SMILES string of the molecule is CCc1ccc(Nc2cc(C(=O)NCc3ccc(F)cc3)c3ccccc3n2)cc1. The summed E-state index contributed by atoms with van der Waals surface area (Å²) >= 11 is 0. The lowest BCUT2D eigenvalue weighted by molar-refractivity contribution is 0.0952. The van der Waals surface area contributed by atoms with E-state index in [0.717, 1.165) is 28.6 Å². The first-order chi connectivity index (χ1) is 14.6. The van der Waals surface area contributed by atoms with Crippen LogP contribution in [0.3, 0.4) is 0 Å². The van der Waals surface area contributed by atoms with Crippen molar-refractivity contribution in [3.8, 4) is 0 Å². The van der Waals surface area contributed by atoms with Gasteiger partial charge in [-0.2, -0.15) is 0 Å². The number of aryl methyl sites for hydroxylation is 1. The van der Waals surface area contributed by atoms with Crippen molar-refractivity contribution in [2.75, 3.05) is 5.32 Å². The highest BCUT2D eigenvalue weighted by Gasteiger charge is 2.13. The summed E-state index contributed by atoms with van der Waals surface area (Å²) in [5.41, 5.74) is 4.27. The second kappa shape index (κ2) is 8.74. The number of benzene rings is 3. The standard InChI is InChI=1S/C25H22FN3O/c1-2-17-9-13-20(14-10-17)28-24-15-22(21-5-3-4-6-23(21)29-24)25(30)27-16-18-7-11-19(26)12-8-18/h3-15H,2,16H2,1H3,(H,27,30)(H,28,29). The van der Waals surface area contributed by atoms with Crippen molar-refractivity contribution in [2.24, 2.45) is 0 Å². The summed E-state index contributed by atoms with van der Waals surface area (Å²) in [5.74, 6) is 0.0973. The zero-order valence-corrected chi connectivity index (χ0v) is 16.7. The van der Waals surface area contributed by atoms with Gasteiger partial charge in [0, 0.05) is 17.6 Å². The van der Waals surface area contributed by atoms with Gasteiger partial charge in [0.05, 0.1) is 11.1 Å². The van der Waals surface area contributed by atoms with Gasteiger partial charge in [-0.1, -0.05) is 49.4 Å². The normalized spacial score (nSPS) is 10.7. The van der Waals surface area contributed by atoms with Crippen molar-refractivity contribution in [1.29, 1.82) is 0 Å². The summed E-state index contributed by atoms with van der Waals surface area (Å²) in [4.78, 5) is 17.6. The van der Waals surface area contributed by atoms with Crippen LogP contribution in [0.25, 0.3) is 10.9 Å². The topological polar surface area (TPSA) is 54.0 Å². The van der Waals surface area contributed by atoms with Gasteiger partial charge < -0.3 is 10.6 Å². The van der Waals surface area contributed by atoms with E-state index in [2.05, 4.69) is 34.7 Å². The zero-order valence-electron chi connectivity index (χ0n) is 16.7. The highest BCUT2D eigenvalue weighted by atomic mass is 19.1. The van der Waals surface area contributed by atoms with Crippen LogP contribution in [0.1, 0.15) is 28.4 Å². The molecule has 4 aromatic rings. The molecule has 5 heteroatoms. The Morgan fingerprint density at radius 1 is 0.933 bits per heavy atom. The van der Waals surface area contributed by atoms with Crippen LogP contribution in [0, 0.1) is 5.82 Å². The first-order valence-corrected chi connectivity index (χ1v) is 9.91. The molecule has 1 heterocycles. The summed E-state index contributed by atoms with van der Waals surface area (Å²) in [6.45, 7) is 2.43. The second-order valence-electron chi connectivity index (χ2n) is 7.06. The predicted octanol–water partition coefficient (Wildman–Crippen LogP) is 5.61. The van der Waals surface area contributed by atoms with Gasteiger partial charge in [0.2, 0.25) is 0 Å². The minimum absolute atomic E-state index is 0.206. The Bertz CT molecular complexity index is 1170. The highest BCUT2D eigenvalue weighted by Crippen LogP contribution is 2.23. The lowest BCUT2D eigenvalue weighted by Crippen LogP contribution is -2.23. The number of carbonyl (C=O) groups excluding carboxylic acids is 1. The molecule has 0 aliphatic rings. The molecule has 150 valence electrons. The monoisotopic (exact) mass is 399 g/mol. The third kappa shape index (κ3) is 4.46. The summed E-state index contributed by atoms with van der Waals surface area (Å²) in [6, 6.07) is 23.5. The number of nitrogens with zero attached hydrogens (tertiary/aromatic N) is 1. The third-order valence-corrected chi connectivity index (χ3v) is 4.96. The van der Waals surface area contributed by atoms with Crippen LogP contribution in [-0.2, 0) is 13.0 Å². The molecule has 0 saturated carbocycles. The third-order valence-electron chi connectivity index (χ3n) is 4.96. The fourth-order valence-electron chi connectivity index (χ4n) is 3.28. The molecule has 3 aromatic carbocycles. The Hall–Kier alpha value is -3.73. The number of halogens is 1. The van der Waals surface area contributed by atoms with E-state index in [4.69, 9.17) is 0 Å². The Morgan fingerprint density at radius 2 is 1.63 bits per heavy atom. The number of fused-ring (bicyclic) bond motifs is 1. The van der Waals surface area contributed by atoms with E-state index in [1.165, 1.54) is 17.7 Å². The molecule has 0 spiro atoms. The molecule has 0 saturated heterocycles. The quantitative estimate of drug-likeness (QED) is 0.443. The highest BCUT2D eigenvalue weighted by molar-refractivity contribution is 6.07. The minimum Gasteiger partial charge on any atom is -0.348 e. The molecule has 2 N–H and O–H groups in total. The number of hydrogen-bond donors (Lipinski definition) is 2. The molecule has 30 heavy (non-hydrogen) atoms. The van der Waals surface area contributed by atoms with E-state index in [1.807, 2.05) is 36.4 Å². The maximum absolute atomic E-state index is 13.1. The van der Waals surface area contributed by atoms with Crippen LogP contribution in [0.4, 0.5) is 15.9 Å². The Morgan fingerprint density at radius 3 is 2.37 bits per heavy atom. The molecule has 4 rings (SSSR count). The van der Waals surface area contributed by atoms with Crippen molar-refractivity contribution in [2.45, 2.75) is 19.9 Å². The number of hydrogen-bond acceptors (Lipinski definition) is 3. The fourth-order valence-corrected chi connectivity index (χ4v) is 3.28. The molecule has 0 aliphatic heterocycles. The summed E-state index contributed by atoms with van der Waals surface area (Å²) < 4.78 is 13.1. The van der Waals surface area contributed by atoms with E-state index < -0.39 is 0 Å². The number of carbonyl (C=O) groups is 1. The number of aromatic nitrogens is 1. The molecule has 4 nitrogen and oxygen atoms in total. The van der Waals surface area contributed by atoms with Gasteiger partial charge in [0.1, 0.15) is 11.6 Å². The minimum atomic E-state index is -0.298. The summed E-state index contributed by atoms with van der Waals surface area (Å²) in [6.07, 6.45) is 0.979. The van der Waals surface area contributed by atoms with Crippen LogP contribution in [0.5, 0.6) is 0 Å². The lowest BCUT2D eigenvalue weighted by Gasteiger charge is -2.12. The fraction of sp³-hybridized carbons (Fsp3) is 0.120. The Labute approximate surface area is 174 Å². The van der Waals surface area contributed by atoms with Gasteiger partial charge in [-0.15, -0.1) is 0 Å². The first-order valence-electron chi connectivity index (χ1n) is 9.91. The zero-order chi connectivity index (χ0) is 20.9. The maximum Gasteiger partial charge on any atom is 0.252 e. The van der Waals surface area contributed by atoms with Crippen LogP contribution in [0.2, 0.25) is 0 Å². The van der Waals surface area contributed by atoms with Gasteiger partial charge in [0.25, 0.3) is 5.91 Å². The molecule has 0 fully saturated rings. The average Bonchev–Trinajstić information content (AvgIpc) is 2.78. The van der Waals surface area contributed by atoms with Gasteiger partial charge in [-0.05, 0) is 53.9 Å². The lowest BCUT2D eigenvalue weighted by atomic mass is 10.1. The van der Waals surface area contributed by atoms with Crippen molar-refractivity contribution < 1.29 is 9.18 Å². The van der Waals surface area contributed by atoms with Crippen LogP contribution >= 0.6 is 0 Å². The molecular formula is C25H22FN3O. The Balaban J connectivity index is 1.60. The molecule has 0 aliphatic carbocycles. The second-order valence-corrected chi connectivity index (χ2v) is 7.06. The number of anilines is 2. The molecule has 0 bridgehead atoms. The van der Waals surface area contributed by atoms with Crippen molar-refractivity contribution in [3.63, 3.8) is 0 Å². The molecule has 0 unspecified atom stereocenters. The predicted molar refractivity (Wildman–Crippen MR) is 118 cm³/mol. The summed E-state index contributed by atoms with van der Waals surface area (Å²) in [7, 11) is 0. The van der Waals surface area contributed by atoms with E-state index in [9.17, 15) is 9.18 Å². The van der Waals surface area contributed by atoms with Gasteiger partial charge in [0.15, 0.2) is 0 Å². The number of rotatable bonds is 6. The van der Waals surface area contributed by atoms with E-state index in [-0.39, 0.29) is 11.7 Å². The van der Waals surface area contributed by atoms with E-state index in [1.54, 1.807) is 18.2 Å². The van der Waals surface area contributed by atoms with Gasteiger partial charge in [-0.25, -0.2) is 9.37 Å². The van der Waals surface area contributed by atoms with Crippen molar-refractivity contribution >= 4 is 28.3 Å². The number of pyridine rings is 1. The van der Waals surface area contributed by atoms with E-state index >= 15 is 0 Å². The van der Waals surface area contributed by atoms with Crippen LogP contribution in [-0.4, -0.2) is 10.9 Å². The van der Waals surface area contributed by atoms with Gasteiger partial charge >= 0.3 is 0 Å². The average molecular weight is 399 g/mol. The number of amides is 1. The Kier molecular flexibility index (Phi) is 5.70. The largest absolute Gasteiger partial charge is 0.348 e. The smallest absolute Gasteiger partial charge is 0.252 e. The molecule has 0 radical (unpaired) electrons. The summed E-state index contributed by atoms with van der Waals surface area (Å²) in [5, 5.41) is 6.98. The maximum atomic E-state index is 13.1. The first kappa shape index (κ1) is 19.6. The molecule has 1 aromatic heterocycles. The molecule has 1 amide bonds.